The maximum atomic E-state index is 13.6. The average Bonchev–Trinajstić information content (AvgIpc) is 3.87. The van der Waals surface area contributed by atoms with Gasteiger partial charge in [-0.1, -0.05) is 36.4 Å². The van der Waals surface area contributed by atoms with E-state index in [0.29, 0.717) is 76.5 Å². The van der Waals surface area contributed by atoms with E-state index < -0.39 is 35.8 Å². The van der Waals surface area contributed by atoms with E-state index in [1.54, 1.807) is 46.2 Å². The Hall–Kier alpha value is -7.88. The van der Waals surface area contributed by atoms with E-state index in [0.717, 1.165) is 22.5 Å². The van der Waals surface area contributed by atoms with Crippen LogP contribution in [0.4, 0.5) is 28.4 Å². The summed E-state index contributed by atoms with van der Waals surface area (Å²) in [6.45, 7) is 3.22. The molecule has 0 aliphatic carbocycles. The smallest absolute Gasteiger partial charge is 0.303 e. The van der Waals surface area contributed by atoms with Crippen molar-refractivity contribution in [3.05, 3.63) is 137 Å². The summed E-state index contributed by atoms with van der Waals surface area (Å²) in [5.41, 5.74) is 8.24. The van der Waals surface area contributed by atoms with Gasteiger partial charge in [0.15, 0.2) is 0 Å². The van der Waals surface area contributed by atoms with Gasteiger partial charge in [-0.25, -0.2) is 0 Å². The maximum absolute atomic E-state index is 13.6. The number of rotatable bonds is 16. The summed E-state index contributed by atoms with van der Waals surface area (Å²) in [4.78, 5) is 80.4. The van der Waals surface area contributed by atoms with Crippen LogP contribution in [0.1, 0.15) is 82.5 Å². The van der Waals surface area contributed by atoms with Crippen molar-refractivity contribution in [2.45, 2.75) is 90.0 Å². The monoisotopic (exact) mass is 891 g/mol. The first-order valence-electron chi connectivity index (χ1n) is 22.0. The lowest BCUT2D eigenvalue weighted by atomic mass is 10.1. The number of hydrogen-bond acceptors (Lipinski definition) is 10. The zero-order chi connectivity index (χ0) is 46.1. The van der Waals surface area contributed by atoms with Gasteiger partial charge in [0.1, 0.15) is 49.1 Å². The fourth-order valence-corrected chi connectivity index (χ4v) is 8.89. The zero-order valence-corrected chi connectivity index (χ0v) is 36.4. The number of hydrogen-bond donors (Lipinski definition) is 6. The number of ether oxygens (including phenoxy) is 2. The van der Waals surface area contributed by atoms with Gasteiger partial charge in [-0.2, -0.15) is 0 Å². The summed E-state index contributed by atoms with van der Waals surface area (Å²) in [5, 5.41) is 24.0. The SMILES string of the molecule is C[C@H](NC(=O)CCCCC(=O)O)C(=O)N[C@@H](C)C(=O)Nc1cc(COc2ccc3c(c2)N[C@H]2Cc4ccccc4N2C3=O)cc(COc2ccc3c(c2)N[C@@H]2Cc4ccccc4N2C3=O)c1. The Bertz CT molecular complexity index is 2630. The molecule has 16 nitrogen and oxygen atoms in total. The van der Waals surface area contributed by atoms with Gasteiger partial charge in [-0.3, -0.25) is 38.6 Å². The van der Waals surface area contributed by atoms with Gasteiger partial charge in [0.2, 0.25) is 17.7 Å². The van der Waals surface area contributed by atoms with Crippen molar-refractivity contribution >= 4 is 63.9 Å². The first-order chi connectivity index (χ1) is 31.9. The highest BCUT2D eigenvalue weighted by atomic mass is 16.5. The third kappa shape index (κ3) is 9.07. The summed E-state index contributed by atoms with van der Waals surface area (Å²) in [6.07, 6.45) is 1.67. The predicted molar refractivity (Wildman–Crippen MR) is 247 cm³/mol. The predicted octanol–water partition coefficient (Wildman–Crippen LogP) is 6.35. The first-order valence-corrected chi connectivity index (χ1v) is 22.0. The molecule has 0 bridgehead atoms. The number of para-hydroxylation sites is 2. The summed E-state index contributed by atoms with van der Waals surface area (Å²) in [7, 11) is 0. The standard InChI is InChI=1S/C50H49N7O9/c1-28(51-45(58)13-7-8-14-46(59)60)47(61)52-29(2)48(62)53-34-20-30(26-65-35-15-17-37-39(24-35)54-43-22-32-9-3-5-11-41(32)56(43)49(37)63)19-31(21-34)27-66-36-16-18-38-40(25-36)55-44-23-33-10-4-6-12-42(33)57(44)50(38)64/h3-6,9-12,15-21,24-25,28-29,43-44,54-55H,7-8,13-14,22-23,26-27H2,1-2H3,(H,51,58)(H,52,61)(H,53,62)(H,59,60)/t28-,29-,43-,44+/m0/s1. The number of carboxylic acid groups (broad SMARTS) is 1. The summed E-state index contributed by atoms with van der Waals surface area (Å²) >= 11 is 0. The van der Waals surface area contributed by atoms with Crippen molar-refractivity contribution in [3.63, 3.8) is 0 Å². The molecule has 6 N–H and O–H groups in total. The minimum atomic E-state index is -0.990. The number of carbonyl (C=O) groups excluding carboxylic acids is 5. The summed E-state index contributed by atoms with van der Waals surface area (Å²) < 4.78 is 12.6. The Kier molecular flexibility index (Phi) is 12.0. The highest BCUT2D eigenvalue weighted by Crippen LogP contribution is 2.41. The Balaban J connectivity index is 0.882. The second-order valence-electron chi connectivity index (χ2n) is 17.0. The van der Waals surface area contributed by atoms with Crippen molar-refractivity contribution in [2.24, 2.45) is 0 Å². The molecule has 5 amide bonds. The molecule has 4 atom stereocenters. The van der Waals surface area contributed by atoms with Crippen LogP contribution in [0.2, 0.25) is 0 Å². The highest BCUT2D eigenvalue weighted by molar-refractivity contribution is 6.14. The molecular formula is C50H49N7O9. The molecule has 0 saturated carbocycles. The van der Waals surface area contributed by atoms with Crippen molar-refractivity contribution in [2.75, 3.05) is 25.8 Å². The number of amides is 5. The molecule has 66 heavy (non-hydrogen) atoms. The topological polar surface area (TPSA) is 208 Å². The number of carboxylic acids is 1. The number of unbranched alkanes of at least 4 members (excludes halogenated alkanes) is 1. The second-order valence-corrected chi connectivity index (χ2v) is 17.0. The van der Waals surface area contributed by atoms with Gasteiger partial charge in [0.25, 0.3) is 11.8 Å². The molecule has 16 heteroatoms. The van der Waals surface area contributed by atoms with Crippen LogP contribution >= 0.6 is 0 Å². The van der Waals surface area contributed by atoms with E-state index in [1.165, 1.54) is 13.8 Å². The van der Waals surface area contributed by atoms with Gasteiger partial charge in [-0.15, -0.1) is 0 Å². The number of aliphatic carboxylic acids is 1. The van der Waals surface area contributed by atoms with Crippen LogP contribution in [0, 0.1) is 0 Å². The fraction of sp³-hybridized carbons (Fsp3) is 0.280. The Labute approximate surface area is 380 Å². The van der Waals surface area contributed by atoms with Crippen molar-refractivity contribution < 1.29 is 43.3 Å². The molecule has 0 fully saturated rings. The lowest BCUT2D eigenvalue weighted by molar-refractivity contribution is -0.137. The van der Waals surface area contributed by atoms with E-state index in [1.807, 2.05) is 66.7 Å². The van der Waals surface area contributed by atoms with Gasteiger partial charge in [-0.05, 0) is 104 Å². The molecule has 0 spiro atoms. The van der Waals surface area contributed by atoms with Crippen LogP contribution in [-0.4, -0.2) is 65.0 Å². The molecule has 5 aromatic rings. The fourth-order valence-electron chi connectivity index (χ4n) is 8.89. The molecular weight excluding hydrogens is 843 g/mol. The molecule has 338 valence electrons. The molecule has 0 saturated heterocycles. The Morgan fingerprint density at radius 2 is 1.15 bits per heavy atom. The number of carbonyl (C=O) groups is 6. The van der Waals surface area contributed by atoms with E-state index in [4.69, 9.17) is 14.6 Å². The van der Waals surface area contributed by atoms with Crippen LogP contribution in [-0.2, 0) is 45.2 Å². The van der Waals surface area contributed by atoms with Crippen molar-refractivity contribution in [1.82, 2.24) is 10.6 Å². The highest BCUT2D eigenvalue weighted by Gasteiger charge is 2.40. The normalized spacial score (nSPS) is 17.0. The van der Waals surface area contributed by atoms with E-state index in [9.17, 15) is 28.8 Å². The molecule has 4 aliphatic heterocycles. The number of fused-ring (bicyclic) bond motifs is 8. The van der Waals surface area contributed by atoms with E-state index in [2.05, 4.69) is 26.6 Å². The van der Waals surface area contributed by atoms with Crippen LogP contribution in [0.15, 0.2) is 103 Å². The van der Waals surface area contributed by atoms with Crippen LogP contribution in [0.25, 0.3) is 0 Å². The summed E-state index contributed by atoms with van der Waals surface area (Å²) in [6, 6.07) is 29.9. The average molecular weight is 892 g/mol. The minimum absolute atomic E-state index is 0.0448. The maximum Gasteiger partial charge on any atom is 0.303 e. The Morgan fingerprint density at radius 3 is 1.68 bits per heavy atom. The largest absolute Gasteiger partial charge is 0.489 e. The molecule has 0 unspecified atom stereocenters. The van der Waals surface area contributed by atoms with Crippen molar-refractivity contribution in [3.8, 4) is 11.5 Å². The molecule has 0 radical (unpaired) electrons. The van der Waals surface area contributed by atoms with E-state index >= 15 is 0 Å². The number of anilines is 5. The van der Waals surface area contributed by atoms with E-state index in [-0.39, 0.29) is 50.2 Å². The first kappa shape index (κ1) is 43.4. The van der Waals surface area contributed by atoms with Gasteiger partial charge < -0.3 is 41.2 Å². The number of benzene rings is 5. The lowest BCUT2D eigenvalue weighted by Crippen LogP contribution is -2.50. The molecule has 9 rings (SSSR count). The molecule has 4 heterocycles. The molecule has 5 aromatic carbocycles. The Morgan fingerprint density at radius 1 is 0.652 bits per heavy atom. The van der Waals surface area contributed by atoms with Gasteiger partial charge >= 0.3 is 5.97 Å². The van der Waals surface area contributed by atoms with Gasteiger partial charge in [0.05, 0.1) is 22.5 Å². The number of nitrogens with one attached hydrogen (secondary N) is 5. The third-order valence-corrected chi connectivity index (χ3v) is 12.2. The summed E-state index contributed by atoms with van der Waals surface area (Å²) in [5.74, 6) is -1.52. The van der Waals surface area contributed by atoms with Crippen molar-refractivity contribution in [1.29, 1.82) is 0 Å². The lowest BCUT2D eigenvalue weighted by Gasteiger charge is -2.33. The van der Waals surface area contributed by atoms with Crippen LogP contribution < -0.4 is 45.9 Å². The third-order valence-electron chi connectivity index (χ3n) is 12.2. The quantitative estimate of drug-likeness (QED) is 0.0602. The van der Waals surface area contributed by atoms with Gasteiger partial charge in [0, 0.05) is 54.9 Å². The van der Waals surface area contributed by atoms with Crippen LogP contribution in [0.3, 0.4) is 0 Å². The zero-order valence-electron chi connectivity index (χ0n) is 36.4. The van der Waals surface area contributed by atoms with Crippen LogP contribution in [0.5, 0.6) is 11.5 Å². The minimum Gasteiger partial charge on any atom is -0.489 e. The molecule has 4 aliphatic rings. The second kappa shape index (κ2) is 18.3. The number of nitrogens with zero attached hydrogens (tertiary/aromatic N) is 2. The molecule has 0 aromatic heterocycles.